The van der Waals surface area contributed by atoms with Gasteiger partial charge in [0.1, 0.15) is 0 Å². The van der Waals surface area contributed by atoms with E-state index in [1.807, 2.05) is 6.92 Å². The van der Waals surface area contributed by atoms with Crippen molar-refractivity contribution in [2.24, 2.45) is 0 Å². The summed E-state index contributed by atoms with van der Waals surface area (Å²) in [6.45, 7) is 2.09. The molecule has 0 unspecified atom stereocenters. The minimum absolute atomic E-state index is 0.0386. The first-order valence-electron chi connectivity index (χ1n) is 10.1. The van der Waals surface area contributed by atoms with Crippen molar-refractivity contribution in [1.29, 1.82) is 0 Å². The van der Waals surface area contributed by atoms with Crippen LogP contribution >= 0.6 is 0 Å². The number of fused-ring (bicyclic) bond motifs is 1. The van der Waals surface area contributed by atoms with E-state index in [0.29, 0.717) is 34.8 Å². The van der Waals surface area contributed by atoms with Gasteiger partial charge in [0.15, 0.2) is 5.82 Å². The number of hydrogen-bond donors (Lipinski definition) is 0. The number of aromatic nitrogens is 2. The number of imide groups is 1. The molecule has 4 rings (SSSR count). The molecule has 0 radical (unpaired) electrons. The fourth-order valence-corrected chi connectivity index (χ4v) is 4.06. The Hall–Kier alpha value is -3.03. The Morgan fingerprint density at radius 3 is 2.59 bits per heavy atom. The first-order chi connectivity index (χ1) is 14.0. The Labute approximate surface area is 168 Å². The molecule has 0 bridgehead atoms. The van der Waals surface area contributed by atoms with Gasteiger partial charge in [0, 0.05) is 25.1 Å². The van der Waals surface area contributed by atoms with Gasteiger partial charge in [-0.3, -0.25) is 19.3 Å². The molecule has 2 aromatic rings. The van der Waals surface area contributed by atoms with E-state index in [0.717, 1.165) is 32.1 Å². The number of benzene rings is 1. The number of rotatable bonds is 5. The van der Waals surface area contributed by atoms with Gasteiger partial charge in [0.2, 0.25) is 5.89 Å². The van der Waals surface area contributed by atoms with Crippen molar-refractivity contribution in [3.05, 3.63) is 46.6 Å². The van der Waals surface area contributed by atoms with Crippen LogP contribution in [0.2, 0.25) is 0 Å². The zero-order chi connectivity index (χ0) is 20.5. The Kier molecular flexibility index (Phi) is 5.17. The molecule has 1 aromatic carbocycles. The van der Waals surface area contributed by atoms with Crippen LogP contribution in [-0.2, 0) is 13.0 Å². The fraction of sp³-hybridized carbons (Fsp3) is 0.476. The van der Waals surface area contributed by atoms with E-state index in [-0.39, 0.29) is 30.3 Å². The summed E-state index contributed by atoms with van der Waals surface area (Å²) in [7, 11) is 1.63. The molecule has 2 heterocycles. The lowest BCUT2D eigenvalue weighted by atomic mass is 9.94. The van der Waals surface area contributed by atoms with Gasteiger partial charge in [-0.15, -0.1) is 0 Å². The van der Waals surface area contributed by atoms with E-state index in [1.54, 1.807) is 19.2 Å². The molecular weight excluding hydrogens is 372 g/mol. The van der Waals surface area contributed by atoms with Crippen molar-refractivity contribution in [1.82, 2.24) is 19.9 Å². The van der Waals surface area contributed by atoms with Crippen molar-refractivity contribution in [3.8, 4) is 0 Å². The molecule has 3 amide bonds. The third kappa shape index (κ3) is 3.54. The predicted molar refractivity (Wildman–Crippen MR) is 103 cm³/mol. The minimum atomic E-state index is -0.293. The van der Waals surface area contributed by atoms with Crippen molar-refractivity contribution in [2.75, 3.05) is 7.05 Å². The third-order valence-corrected chi connectivity index (χ3v) is 5.65. The summed E-state index contributed by atoms with van der Waals surface area (Å²) in [4.78, 5) is 45.6. The molecule has 0 spiro atoms. The standard InChI is InChI=1S/C21H24N4O4/c1-3-17-22-18(29-23-17)12-24(2)19(26)13-9-10-15-16(11-13)21(28)25(20(15)27)14-7-5-4-6-8-14/h9-11,14H,3-8,12H2,1-2H3. The molecule has 1 aliphatic heterocycles. The van der Waals surface area contributed by atoms with Crippen molar-refractivity contribution < 1.29 is 18.9 Å². The normalized spacial score (nSPS) is 17.0. The molecule has 0 N–H and O–H groups in total. The lowest BCUT2D eigenvalue weighted by molar-refractivity contribution is 0.0548. The predicted octanol–water partition coefficient (Wildman–Crippen LogP) is 2.83. The zero-order valence-corrected chi connectivity index (χ0v) is 16.7. The van der Waals surface area contributed by atoms with Gasteiger partial charge in [0.05, 0.1) is 17.7 Å². The summed E-state index contributed by atoms with van der Waals surface area (Å²) < 4.78 is 5.14. The van der Waals surface area contributed by atoms with E-state index < -0.39 is 0 Å². The van der Waals surface area contributed by atoms with E-state index >= 15 is 0 Å². The Morgan fingerprint density at radius 2 is 1.90 bits per heavy atom. The monoisotopic (exact) mass is 396 g/mol. The summed E-state index contributed by atoms with van der Waals surface area (Å²) in [6, 6.07) is 4.67. The average Bonchev–Trinajstić information content (AvgIpc) is 3.30. The lowest BCUT2D eigenvalue weighted by Crippen LogP contribution is -2.40. The van der Waals surface area contributed by atoms with Crippen LogP contribution in [0.15, 0.2) is 22.7 Å². The molecule has 1 fully saturated rings. The third-order valence-electron chi connectivity index (χ3n) is 5.65. The molecule has 0 saturated heterocycles. The molecule has 152 valence electrons. The number of amides is 3. The summed E-state index contributed by atoms with van der Waals surface area (Å²) >= 11 is 0. The largest absolute Gasteiger partial charge is 0.337 e. The van der Waals surface area contributed by atoms with Gasteiger partial charge in [-0.2, -0.15) is 4.98 Å². The van der Waals surface area contributed by atoms with Crippen molar-refractivity contribution in [3.63, 3.8) is 0 Å². The highest BCUT2D eigenvalue weighted by Gasteiger charge is 2.40. The second-order valence-corrected chi connectivity index (χ2v) is 7.65. The van der Waals surface area contributed by atoms with E-state index in [4.69, 9.17) is 4.52 Å². The van der Waals surface area contributed by atoms with Gasteiger partial charge in [-0.1, -0.05) is 31.3 Å². The summed E-state index contributed by atoms with van der Waals surface area (Å²) in [6.07, 6.45) is 5.56. The Morgan fingerprint density at radius 1 is 1.17 bits per heavy atom. The highest BCUT2D eigenvalue weighted by molar-refractivity contribution is 6.22. The molecule has 2 aliphatic rings. The average molecular weight is 396 g/mol. The molecule has 1 aromatic heterocycles. The highest BCUT2D eigenvalue weighted by atomic mass is 16.5. The number of carbonyl (C=O) groups is 3. The molecular formula is C21H24N4O4. The summed E-state index contributed by atoms with van der Waals surface area (Å²) in [5, 5.41) is 3.83. The van der Waals surface area contributed by atoms with Crippen LogP contribution in [0.5, 0.6) is 0 Å². The quantitative estimate of drug-likeness (QED) is 0.721. The molecule has 8 nitrogen and oxygen atoms in total. The van der Waals surface area contributed by atoms with Crippen LogP contribution < -0.4 is 0 Å². The number of hydrogen-bond acceptors (Lipinski definition) is 6. The van der Waals surface area contributed by atoms with Crippen molar-refractivity contribution in [2.45, 2.75) is 58.0 Å². The summed E-state index contributed by atoms with van der Waals surface area (Å²) in [5.41, 5.74) is 1.04. The maximum absolute atomic E-state index is 12.9. The first-order valence-corrected chi connectivity index (χ1v) is 10.1. The second-order valence-electron chi connectivity index (χ2n) is 7.65. The highest BCUT2D eigenvalue weighted by Crippen LogP contribution is 2.31. The molecule has 8 heteroatoms. The van der Waals surface area contributed by atoms with Gasteiger partial charge >= 0.3 is 0 Å². The smallest absolute Gasteiger partial charge is 0.261 e. The van der Waals surface area contributed by atoms with Crippen molar-refractivity contribution >= 4 is 17.7 Å². The fourth-order valence-electron chi connectivity index (χ4n) is 4.06. The number of nitrogens with zero attached hydrogens (tertiary/aromatic N) is 4. The maximum Gasteiger partial charge on any atom is 0.261 e. The Balaban J connectivity index is 1.52. The van der Waals surface area contributed by atoms with Crippen LogP contribution in [0.25, 0.3) is 0 Å². The maximum atomic E-state index is 12.9. The molecule has 1 saturated carbocycles. The van der Waals surface area contributed by atoms with Crippen LogP contribution in [0.4, 0.5) is 0 Å². The van der Waals surface area contributed by atoms with Gasteiger partial charge < -0.3 is 9.42 Å². The Bertz CT molecular complexity index is 961. The van der Waals surface area contributed by atoms with Gasteiger partial charge in [-0.25, -0.2) is 0 Å². The zero-order valence-electron chi connectivity index (χ0n) is 16.7. The van der Waals surface area contributed by atoms with Gasteiger partial charge in [0.25, 0.3) is 17.7 Å². The molecule has 0 atom stereocenters. The van der Waals surface area contributed by atoms with E-state index in [1.165, 1.54) is 15.9 Å². The number of aryl methyl sites for hydroxylation is 1. The molecule has 29 heavy (non-hydrogen) atoms. The molecule has 1 aliphatic carbocycles. The van der Waals surface area contributed by atoms with E-state index in [2.05, 4.69) is 10.1 Å². The minimum Gasteiger partial charge on any atom is -0.337 e. The second kappa shape index (κ2) is 7.77. The van der Waals surface area contributed by atoms with E-state index in [9.17, 15) is 14.4 Å². The van der Waals surface area contributed by atoms with Crippen LogP contribution in [-0.4, -0.2) is 50.8 Å². The van der Waals surface area contributed by atoms with Gasteiger partial charge in [-0.05, 0) is 31.0 Å². The van der Waals surface area contributed by atoms with Crippen LogP contribution in [0, 0.1) is 0 Å². The number of carbonyl (C=O) groups excluding carboxylic acids is 3. The first kappa shape index (κ1) is 19.3. The van der Waals surface area contributed by atoms with Crippen LogP contribution in [0.1, 0.15) is 81.8 Å². The lowest BCUT2D eigenvalue weighted by Gasteiger charge is -2.29. The summed E-state index contributed by atoms with van der Waals surface area (Å²) in [5.74, 6) is 0.125. The van der Waals surface area contributed by atoms with Crippen LogP contribution in [0.3, 0.4) is 0 Å². The topological polar surface area (TPSA) is 96.6 Å². The SMILES string of the molecule is CCc1noc(CN(C)C(=O)c2ccc3c(c2)C(=O)N(C2CCCCC2)C3=O)n1.